The van der Waals surface area contributed by atoms with Gasteiger partial charge in [0.15, 0.2) is 11.3 Å². The second-order valence-electron chi connectivity index (χ2n) is 2.48. The minimum absolute atomic E-state index is 0.340. The average molecular weight is 215 g/mol. The Morgan fingerprint density at radius 1 is 1.62 bits per heavy atom. The van der Waals surface area contributed by atoms with Crippen molar-refractivity contribution in [2.24, 2.45) is 7.05 Å². The van der Waals surface area contributed by atoms with E-state index in [1.807, 2.05) is 0 Å². The quantitative estimate of drug-likeness (QED) is 0.772. The van der Waals surface area contributed by atoms with E-state index in [1.54, 1.807) is 0 Å². The molecular formula is C6H6ClF3N2O. The van der Waals surface area contributed by atoms with Gasteiger partial charge in [0.2, 0.25) is 0 Å². The number of rotatable bonds is 1. The molecule has 0 aliphatic carbocycles. The zero-order chi connectivity index (χ0) is 10.2. The molecule has 0 saturated heterocycles. The van der Waals surface area contributed by atoms with Crippen molar-refractivity contribution in [3.63, 3.8) is 0 Å². The van der Waals surface area contributed by atoms with E-state index in [0.717, 1.165) is 10.9 Å². The maximum Gasteiger partial charge on any atom is 0.420 e. The predicted octanol–water partition coefficient (Wildman–Crippen LogP) is 1.67. The second-order valence-corrected chi connectivity index (χ2v) is 2.83. The molecule has 0 saturated carbocycles. The third kappa shape index (κ3) is 1.94. The van der Waals surface area contributed by atoms with Crippen molar-refractivity contribution in [1.29, 1.82) is 0 Å². The van der Waals surface area contributed by atoms with Crippen LogP contribution in [0.5, 0.6) is 0 Å². The van der Waals surface area contributed by atoms with Crippen molar-refractivity contribution in [3.05, 3.63) is 17.2 Å². The van der Waals surface area contributed by atoms with E-state index in [-0.39, 0.29) is 5.15 Å². The van der Waals surface area contributed by atoms with Crippen molar-refractivity contribution >= 4 is 11.6 Å². The van der Waals surface area contributed by atoms with Gasteiger partial charge in [-0.25, -0.2) is 4.98 Å². The number of nitrogens with zero attached hydrogens (tertiary/aromatic N) is 2. The molecule has 0 amide bonds. The first-order valence-electron chi connectivity index (χ1n) is 3.25. The molecule has 7 heteroatoms. The van der Waals surface area contributed by atoms with Gasteiger partial charge in [-0.3, -0.25) is 0 Å². The van der Waals surface area contributed by atoms with Crippen LogP contribution in [0.1, 0.15) is 11.8 Å². The highest BCUT2D eigenvalue weighted by molar-refractivity contribution is 6.30. The van der Waals surface area contributed by atoms with Gasteiger partial charge in [0, 0.05) is 7.05 Å². The Bertz CT molecular complexity index is 290. The summed E-state index contributed by atoms with van der Waals surface area (Å²) in [7, 11) is 1.32. The highest BCUT2D eigenvalue weighted by Crippen LogP contribution is 2.34. The summed E-state index contributed by atoms with van der Waals surface area (Å²) in [6.45, 7) is 0. The number of hydrogen-bond acceptors (Lipinski definition) is 2. The Hall–Kier alpha value is -0.750. The minimum atomic E-state index is -4.72. The first-order chi connectivity index (χ1) is 5.84. The Kier molecular flexibility index (Phi) is 2.53. The molecule has 0 spiro atoms. The van der Waals surface area contributed by atoms with Gasteiger partial charge in [-0.05, 0) is 0 Å². The van der Waals surface area contributed by atoms with Crippen molar-refractivity contribution in [3.8, 4) is 0 Å². The van der Waals surface area contributed by atoms with E-state index >= 15 is 0 Å². The smallest absolute Gasteiger partial charge is 0.378 e. The molecule has 0 unspecified atom stereocenters. The number of imidazole rings is 1. The number of halogens is 4. The Morgan fingerprint density at radius 3 is 2.46 bits per heavy atom. The van der Waals surface area contributed by atoms with Crippen molar-refractivity contribution in [2.45, 2.75) is 12.3 Å². The number of aryl methyl sites for hydroxylation is 1. The van der Waals surface area contributed by atoms with Gasteiger partial charge >= 0.3 is 6.18 Å². The van der Waals surface area contributed by atoms with E-state index in [1.165, 1.54) is 7.05 Å². The topological polar surface area (TPSA) is 38.0 Å². The molecule has 0 aliphatic heterocycles. The van der Waals surface area contributed by atoms with Crippen LogP contribution in [0.25, 0.3) is 0 Å². The lowest BCUT2D eigenvalue weighted by molar-refractivity contribution is -0.208. The molecule has 1 aromatic rings. The SMILES string of the molecule is Cn1cnc(Cl)c1[C@@H](O)C(F)(F)F. The Labute approximate surface area is 76.8 Å². The minimum Gasteiger partial charge on any atom is -0.378 e. The van der Waals surface area contributed by atoms with Crippen molar-refractivity contribution < 1.29 is 18.3 Å². The number of aromatic nitrogens is 2. The Balaban J connectivity index is 3.08. The molecule has 1 heterocycles. The van der Waals surface area contributed by atoms with E-state index < -0.39 is 18.0 Å². The summed E-state index contributed by atoms with van der Waals surface area (Å²) in [6.07, 6.45) is -6.21. The summed E-state index contributed by atoms with van der Waals surface area (Å²) in [5, 5.41) is 8.50. The van der Waals surface area contributed by atoms with Crippen LogP contribution in [-0.2, 0) is 7.05 Å². The largest absolute Gasteiger partial charge is 0.420 e. The fourth-order valence-corrected chi connectivity index (χ4v) is 1.15. The van der Waals surface area contributed by atoms with E-state index in [9.17, 15) is 13.2 Å². The summed E-state index contributed by atoms with van der Waals surface area (Å²) >= 11 is 5.35. The van der Waals surface area contributed by atoms with Crippen LogP contribution < -0.4 is 0 Å². The van der Waals surface area contributed by atoms with E-state index in [2.05, 4.69) is 4.98 Å². The van der Waals surface area contributed by atoms with Gasteiger partial charge in [-0.2, -0.15) is 13.2 Å². The molecule has 0 bridgehead atoms. The summed E-state index contributed by atoms with van der Waals surface area (Å²) in [5.74, 6) is 0. The van der Waals surface area contributed by atoms with Crippen LogP contribution in [-0.4, -0.2) is 20.8 Å². The van der Waals surface area contributed by atoms with Gasteiger partial charge in [-0.15, -0.1) is 0 Å². The highest BCUT2D eigenvalue weighted by Gasteiger charge is 2.42. The molecule has 1 N–H and O–H groups in total. The van der Waals surface area contributed by atoms with Gasteiger partial charge in [-0.1, -0.05) is 11.6 Å². The number of aliphatic hydroxyl groups excluding tert-OH is 1. The van der Waals surface area contributed by atoms with Gasteiger partial charge in [0.1, 0.15) is 0 Å². The number of hydrogen-bond donors (Lipinski definition) is 1. The second kappa shape index (κ2) is 3.19. The molecule has 0 aromatic carbocycles. The zero-order valence-corrected chi connectivity index (χ0v) is 7.26. The lowest BCUT2D eigenvalue weighted by atomic mass is 10.2. The monoisotopic (exact) mass is 214 g/mol. The molecule has 0 fully saturated rings. The highest BCUT2D eigenvalue weighted by atomic mass is 35.5. The van der Waals surface area contributed by atoms with Crippen molar-refractivity contribution in [2.75, 3.05) is 0 Å². The molecule has 1 rings (SSSR count). The number of alkyl halides is 3. The number of aliphatic hydroxyl groups is 1. The normalized spacial score (nSPS) is 14.6. The third-order valence-electron chi connectivity index (χ3n) is 1.50. The fraction of sp³-hybridized carbons (Fsp3) is 0.500. The van der Waals surface area contributed by atoms with Gasteiger partial charge in [0.25, 0.3) is 0 Å². The summed E-state index contributed by atoms with van der Waals surface area (Å²) in [4.78, 5) is 3.42. The molecule has 1 aromatic heterocycles. The molecule has 13 heavy (non-hydrogen) atoms. The summed E-state index contributed by atoms with van der Waals surface area (Å²) < 4.78 is 37.1. The van der Waals surface area contributed by atoms with Crippen LogP contribution in [0.4, 0.5) is 13.2 Å². The lowest BCUT2D eigenvalue weighted by Crippen LogP contribution is -2.22. The standard InChI is InChI=1S/C6H6ClF3N2O/c1-12-2-11-5(7)3(12)4(13)6(8,9)10/h2,4,13H,1H3/t4-/m1/s1. The van der Waals surface area contributed by atoms with Gasteiger partial charge < -0.3 is 9.67 Å². The molecule has 0 aliphatic rings. The van der Waals surface area contributed by atoms with Crippen LogP contribution in [0, 0.1) is 0 Å². The molecular weight excluding hydrogens is 209 g/mol. The maximum atomic E-state index is 12.0. The first-order valence-corrected chi connectivity index (χ1v) is 3.63. The van der Waals surface area contributed by atoms with Crippen LogP contribution in [0.3, 0.4) is 0 Å². The lowest BCUT2D eigenvalue weighted by Gasteiger charge is -2.14. The molecule has 0 radical (unpaired) electrons. The summed E-state index contributed by atoms with van der Waals surface area (Å²) in [6, 6.07) is 0. The van der Waals surface area contributed by atoms with E-state index in [0.29, 0.717) is 0 Å². The van der Waals surface area contributed by atoms with Crippen LogP contribution in [0.2, 0.25) is 5.15 Å². The fourth-order valence-electron chi connectivity index (χ4n) is 0.872. The predicted molar refractivity (Wildman–Crippen MR) is 39.2 cm³/mol. The average Bonchev–Trinajstić information content (AvgIpc) is 2.28. The molecule has 74 valence electrons. The zero-order valence-electron chi connectivity index (χ0n) is 6.51. The third-order valence-corrected chi connectivity index (χ3v) is 1.80. The maximum absolute atomic E-state index is 12.0. The van der Waals surface area contributed by atoms with Crippen molar-refractivity contribution in [1.82, 2.24) is 9.55 Å². The molecule has 1 atom stereocenters. The first kappa shape index (κ1) is 10.3. The van der Waals surface area contributed by atoms with Gasteiger partial charge in [0.05, 0.1) is 12.0 Å². The van der Waals surface area contributed by atoms with E-state index in [4.69, 9.17) is 16.7 Å². The Morgan fingerprint density at radius 2 is 2.15 bits per heavy atom. The van der Waals surface area contributed by atoms with Crippen LogP contribution >= 0.6 is 11.6 Å². The summed E-state index contributed by atoms with van der Waals surface area (Å²) in [5.41, 5.74) is -0.450. The van der Waals surface area contributed by atoms with Crippen LogP contribution in [0.15, 0.2) is 6.33 Å². The molecule has 3 nitrogen and oxygen atoms in total.